The Labute approximate surface area is 148 Å². The Balaban J connectivity index is 2.11. The lowest BCUT2D eigenvalue weighted by Crippen LogP contribution is -2.37. The molecule has 0 heterocycles. The zero-order valence-corrected chi connectivity index (χ0v) is 15.8. The first-order valence-corrected chi connectivity index (χ1v) is 9.44. The van der Waals surface area contributed by atoms with Gasteiger partial charge in [-0.25, -0.2) is 0 Å². The minimum absolute atomic E-state index is 0.334. The van der Waals surface area contributed by atoms with Crippen LogP contribution in [0.3, 0.4) is 0 Å². The van der Waals surface area contributed by atoms with E-state index < -0.39 is 5.60 Å². The van der Waals surface area contributed by atoms with E-state index in [9.17, 15) is 5.11 Å². The second-order valence-electron chi connectivity index (χ2n) is 7.66. The van der Waals surface area contributed by atoms with Crippen LogP contribution in [0.2, 0.25) is 0 Å². The van der Waals surface area contributed by atoms with E-state index in [0.717, 1.165) is 24.9 Å². The predicted octanol–water partition coefficient (Wildman–Crippen LogP) is 4.58. The molecule has 1 aromatic rings. The molecule has 0 aromatic heterocycles. The summed E-state index contributed by atoms with van der Waals surface area (Å²) >= 11 is 0. The summed E-state index contributed by atoms with van der Waals surface area (Å²) < 4.78 is 0. The van der Waals surface area contributed by atoms with Crippen molar-refractivity contribution in [3.05, 3.63) is 35.9 Å². The van der Waals surface area contributed by atoms with Crippen LogP contribution in [0.1, 0.15) is 65.4 Å². The molecular weight excluding hydrogens is 294 g/mol. The molecule has 0 radical (unpaired) electrons. The predicted molar refractivity (Wildman–Crippen MR) is 102 cm³/mol. The Bertz CT molecular complexity index is 540. The Kier molecular flexibility index (Phi) is 6.90. The molecule has 2 rings (SSSR count). The monoisotopic (exact) mass is 327 g/mol. The molecule has 1 fully saturated rings. The molecule has 2 heteroatoms. The number of aliphatic hydroxyl groups is 1. The summed E-state index contributed by atoms with van der Waals surface area (Å²) in [5, 5.41) is 11.4. The molecule has 1 saturated carbocycles. The van der Waals surface area contributed by atoms with Crippen LogP contribution in [0.5, 0.6) is 0 Å². The summed E-state index contributed by atoms with van der Waals surface area (Å²) in [6.07, 6.45) is 5.20. The van der Waals surface area contributed by atoms with Gasteiger partial charge in [0.15, 0.2) is 0 Å². The highest BCUT2D eigenvalue weighted by Crippen LogP contribution is 2.42. The van der Waals surface area contributed by atoms with Gasteiger partial charge < -0.3 is 5.11 Å². The highest BCUT2D eigenvalue weighted by Gasteiger charge is 2.39. The zero-order valence-electron chi connectivity index (χ0n) is 15.8. The third kappa shape index (κ3) is 4.62. The van der Waals surface area contributed by atoms with Crippen LogP contribution >= 0.6 is 0 Å². The van der Waals surface area contributed by atoms with Gasteiger partial charge in [-0.2, -0.15) is 0 Å². The minimum atomic E-state index is -0.800. The van der Waals surface area contributed by atoms with Gasteiger partial charge in [0.2, 0.25) is 0 Å². The van der Waals surface area contributed by atoms with Crippen molar-refractivity contribution >= 4 is 0 Å². The molecule has 0 saturated heterocycles. The summed E-state index contributed by atoms with van der Waals surface area (Å²) in [6, 6.07) is 11.1. The highest BCUT2D eigenvalue weighted by molar-refractivity contribution is 5.26. The molecule has 1 aliphatic rings. The van der Waals surface area contributed by atoms with Crippen molar-refractivity contribution in [2.45, 2.75) is 77.5 Å². The van der Waals surface area contributed by atoms with Crippen LogP contribution in [0.4, 0.5) is 0 Å². The number of hydrogen-bond donors (Lipinski definition) is 1. The van der Waals surface area contributed by atoms with Gasteiger partial charge in [0.05, 0.1) is 6.54 Å². The van der Waals surface area contributed by atoms with Crippen molar-refractivity contribution in [2.24, 2.45) is 5.92 Å². The molecule has 1 N–H and O–H groups in total. The molecule has 24 heavy (non-hydrogen) atoms. The van der Waals surface area contributed by atoms with Gasteiger partial charge in [-0.3, -0.25) is 4.90 Å². The maximum absolute atomic E-state index is 11.4. The third-order valence-corrected chi connectivity index (χ3v) is 5.38. The SMILES string of the molecule is CC(C)N(CC#CCC(O)(c1ccccc1)C1CCCC1)C(C)C. The fourth-order valence-corrected chi connectivity index (χ4v) is 3.92. The van der Waals surface area contributed by atoms with E-state index in [1.165, 1.54) is 12.8 Å². The fourth-order valence-electron chi connectivity index (χ4n) is 3.92. The van der Waals surface area contributed by atoms with Crippen molar-refractivity contribution in [3.63, 3.8) is 0 Å². The summed E-state index contributed by atoms with van der Waals surface area (Å²) in [6.45, 7) is 9.60. The van der Waals surface area contributed by atoms with E-state index in [-0.39, 0.29) is 0 Å². The molecule has 1 aromatic carbocycles. The Morgan fingerprint density at radius 2 is 1.62 bits per heavy atom. The van der Waals surface area contributed by atoms with Gasteiger partial charge in [-0.15, -0.1) is 0 Å². The second kappa shape index (κ2) is 8.70. The first-order chi connectivity index (χ1) is 11.4. The van der Waals surface area contributed by atoms with Crippen LogP contribution in [0, 0.1) is 17.8 Å². The molecule has 0 spiro atoms. The van der Waals surface area contributed by atoms with Crippen LogP contribution in [0.15, 0.2) is 30.3 Å². The summed E-state index contributed by atoms with van der Waals surface area (Å²) in [4.78, 5) is 2.38. The zero-order chi connectivity index (χ0) is 17.6. The molecule has 2 nitrogen and oxygen atoms in total. The maximum atomic E-state index is 11.4. The first kappa shape index (κ1) is 19.0. The molecule has 1 aliphatic carbocycles. The number of rotatable bonds is 6. The van der Waals surface area contributed by atoms with Gasteiger partial charge in [0.1, 0.15) is 5.60 Å². The van der Waals surface area contributed by atoms with Gasteiger partial charge in [-0.1, -0.05) is 55.0 Å². The number of nitrogens with zero attached hydrogens (tertiary/aromatic N) is 1. The van der Waals surface area contributed by atoms with Gasteiger partial charge >= 0.3 is 0 Å². The van der Waals surface area contributed by atoms with E-state index in [4.69, 9.17) is 0 Å². The van der Waals surface area contributed by atoms with E-state index in [1.54, 1.807) is 0 Å². The standard InChI is InChI=1S/C22H33NO/c1-18(2)23(19(3)4)17-11-10-16-22(24,21-14-8-9-15-21)20-12-6-5-7-13-20/h5-7,12-13,18-19,21,24H,8-9,14-17H2,1-4H3. The van der Waals surface area contributed by atoms with Crippen LogP contribution in [-0.4, -0.2) is 28.6 Å². The fraction of sp³-hybridized carbons (Fsp3) is 0.636. The van der Waals surface area contributed by atoms with Crippen molar-refractivity contribution in [1.29, 1.82) is 0 Å². The molecule has 1 atom stereocenters. The largest absolute Gasteiger partial charge is 0.384 e. The Morgan fingerprint density at radius 1 is 1.04 bits per heavy atom. The minimum Gasteiger partial charge on any atom is -0.384 e. The average molecular weight is 328 g/mol. The van der Waals surface area contributed by atoms with Crippen LogP contribution < -0.4 is 0 Å². The lowest BCUT2D eigenvalue weighted by molar-refractivity contribution is -0.0173. The van der Waals surface area contributed by atoms with Gasteiger partial charge in [0.25, 0.3) is 0 Å². The van der Waals surface area contributed by atoms with Crippen molar-refractivity contribution in [3.8, 4) is 11.8 Å². The lowest BCUT2D eigenvalue weighted by atomic mass is 9.78. The topological polar surface area (TPSA) is 23.5 Å². The smallest absolute Gasteiger partial charge is 0.103 e. The van der Waals surface area contributed by atoms with E-state index in [2.05, 4.69) is 56.6 Å². The molecule has 0 amide bonds. The summed E-state index contributed by atoms with van der Waals surface area (Å²) in [5.74, 6) is 6.95. The number of hydrogen-bond acceptors (Lipinski definition) is 2. The maximum Gasteiger partial charge on any atom is 0.103 e. The van der Waals surface area contributed by atoms with Gasteiger partial charge in [-0.05, 0) is 52.0 Å². The Hall–Kier alpha value is -1.30. The van der Waals surface area contributed by atoms with Gasteiger partial charge in [0, 0.05) is 18.5 Å². The van der Waals surface area contributed by atoms with Crippen molar-refractivity contribution < 1.29 is 5.11 Å². The molecular formula is C22H33NO. The third-order valence-electron chi connectivity index (χ3n) is 5.38. The Morgan fingerprint density at radius 3 is 2.17 bits per heavy atom. The molecule has 0 aliphatic heterocycles. The van der Waals surface area contributed by atoms with Crippen LogP contribution in [-0.2, 0) is 5.60 Å². The van der Waals surface area contributed by atoms with E-state index in [1.807, 2.05) is 18.2 Å². The molecule has 1 unspecified atom stereocenters. The lowest BCUT2D eigenvalue weighted by Gasteiger charge is -2.33. The van der Waals surface area contributed by atoms with Crippen molar-refractivity contribution in [1.82, 2.24) is 4.90 Å². The summed E-state index contributed by atoms with van der Waals surface area (Å²) in [7, 11) is 0. The van der Waals surface area contributed by atoms with Crippen LogP contribution in [0.25, 0.3) is 0 Å². The van der Waals surface area contributed by atoms with E-state index in [0.29, 0.717) is 24.4 Å². The number of benzene rings is 1. The average Bonchev–Trinajstić information content (AvgIpc) is 3.09. The highest BCUT2D eigenvalue weighted by atomic mass is 16.3. The molecule has 0 bridgehead atoms. The van der Waals surface area contributed by atoms with E-state index >= 15 is 0 Å². The quantitative estimate of drug-likeness (QED) is 0.773. The normalized spacial score (nSPS) is 18.0. The first-order valence-electron chi connectivity index (χ1n) is 9.44. The second-order valence-corrected chi connectivity index (χ2v) is 7.66. The van der Waals surface area contributed by atoms with Crippen molar-refractivity contribution in [2.75, 3.05) is 6.54 Å². The summed E-state index contributed by atoms with van der Waals surface area (Å²) in [5.41, 5.74) is 0.224. The molecule has 132 valence electrons.